The Morgan fingerprint density at radius 2 is 1.87 bits per heavy atom. The van der Waals surface area contributed by atoms with E-state index in [2.05, 4.69) is 25.6 Å². The zero-order chi connectivity index (χ0) is 33.1. The second-order valence-electron chi connectivity index (χ2n) is 11.9. The van der Waals surface area contributed by atoms with Gasteiger partial charge in [-0.05, 0) is 56.5 Å². The van der Waals surface area contributed by atoms with Crippen LogP contribution in [0.5, 0.6) is 0 Å². The molecular weight excluding hydrogens is 627 g/mol. The van der Waals surface area contributed by atoms with Crippen molar-refractivity contribution >= 4 is 33.3 Å². The van der Waals surface area contributed by atoms with Crippen molar-refractivity contribution in [3.05, 3.63) is 70.7 Å². The SMILES string of the molecule is CCCCOC(=O)NCCN1CCN(S(=O)(=O)c2ccc(Nc3nc4ccc(-c5cnn(C6CC6)c5)cn4c(=O)c3C)c(F)c2)CC1. The topological polar surface area (TPSA) is 143 Å². The van der Waals surface area contributed by atoms with Crippen LogP contribution < -0.4 is 16.2 Å². The number of alkyl carbamates (subject to hydrolysis) is 1. The van der Waals surface area contributed by atoms with Gasteiger partial charge in [0, 0.05) is 62.8 Å². The minimum atomic E-state index is -3.94. The number of rotatable bonds is 12. The second-order valence-corrected chi connectivity index (χ2v) is 13.8. The Kier molecular flexibility index (Phi) is 9.57. The summed E-state index contributed by atoms with van der Waals surface area (Å²) >= 11 is 0. The molecule has 1 saturated carbocycles. The van der Waals surface area contributed by atoms with Gasteiger partial charge in [-0.25, -0.2) is 22.6 Å². The van der Waals surface area contributed by atoms with Crippen LogP contribution in [0.2, 0.25) is 0 Å². The zero-order valence-corrected chi connectivity index (χ0v) is 27.3. The van der Waals surface area contributed by atoms with E-state index in [-0.39, 0.29) is 40.6 Å². The van der Waals surface area contributed by atoms with E-state index in [1.807, 2.05) is 23.9 Å². The normalized spacial score (nSPS) is 16.0. The Morgan fingerprint density at radius 1 is 1.09 bits per heavy atom. The van der Waals surface area contributed by atoms with Crippen LogP contribution in [0.25, 0.3) is 16.8 Å². The lowest BCUT2D eigenvalue weighted by atomic mass is 10.1. The third-order valence-corrected chi connectivity index (χ3v) is 10.4. The highest BCUT2D eigenvalue weighted by molar-refractivity contribution is 7.89. The summed E-state index contributed by atoms with van der Waals surface area (Å²) in [4.78, 5) is 31.5. The lowest BCUT2D eigenvalue weighted by Crippen LogP contribution is -2.50. The Balaban J connectivity index is 1.09. The summed E-state index contributed by atoms with van der Waals surface area (Å²) in [6, 6.07) is 7.70. The number of halogens is 1. The summed E-state index contributed by atoms with van der Waals surface area (Å²) < 4.78 is 51.8. The van der Waals surface area contributed by atoms with Crippen molar-refractivity contribution in [2.24, 2.45) is 0 Å². The van der Waals surface area contributed by atoms with Gasteiger partial charge in [-0.15, -0.1) is 0 Å². The lowest BCUT2D eigenvalue weighted by molar-refractivity contribution is 0.140. The summed E-state index contributed by atoms with van der Waals surface area (Å²) in [6.45, 7) is 6.37. The van der Waals surface area contributed by atoms with E-state index < -0.39 is 21.9 Å². The van der Waals surface area contributed by atoms with Crippen molar-refractivity contribution in [3.8, 4) is 11.1 Å². The molecule has 2 N–H and O–H groups in total. The molecule has 0 unspecified atom stereocenters. The number of sulfonamides is 1. The quantitative estimate of drug-likeness (QED) is 0.215. The minimum absolute atomic E-state index is 0.00190. The van der Waals surface area contributed by atoms with Crippen LogP contribution in [0, 0.1) is 12.7 Å². The van der Waals surface area contributed by atoms with Gasteiger partial charge < -0.3 is 15.4 Å². The van der Waals surface area contributed by atoms with Crippen LogP contribution >= 0.6 is 0 Å². The number of hydrogen-bond acceptors (Lipinski definition) is 9. The van der Waals surface area contributed by atoms with Gasteiger partial charge in [-0.2, -0.15) is 9.40 Å². The maximum atomic E-state index is 15.3. The van der Waals surface area contributed by atoms with E-state index in [1.165, 1.54) is 20.8 Å². The molecule has 2 fully saturated rings. The van der Waals surface area contributed by atoms with Gasteiger partial charge in [0.15, 0.2) is 0 Å². The predicted molar refractivity (Wildman–Crippen MR) is 175 cm³/mol. The molecule has 4 aromatic rings. The molecule has 3 aromatic heterocycles. The van der Waals surface area contributed by atoms with Gasteiger partial charge in [-0.1, -0.05) is 13.3 Å². The van der Waals surface area contributed by atoms with Crippen LogP contribution in [-0.2, 0) is 14.8 Å². The van der Waals surface area contributed by atoms with Crippen molar-refractivity contribution in [1.82, 2.24) is 33.7 Å². The number of fused-ring (bicyclic) bond motifs is 1. The number of piperazine rings is 1. The fraction of sp³-hybridized carbons (Fsp3) is 0.438. The first-order chi connectivity index (χ1) is 22.6. The number of unbranched alkanes of at least 4 members (excludes halogenated alkanes) is 1. The molecule has 250 valence electrons. The molecule has 1 aliphatic carbocycles. The molecule has 0 atom stereocenters. The second kappa shape index (κ2) is 13.8. The molecule has 2 aliphatic rings. The number of amides is 1. The molecule has 13 nitrogen and oxygen atoms in total. The van der Waals surface area contributed by atoms with Crippen molar-refractivity contribution in [1.29, 1.82) is 0 Å². The minimum Gasteiger partial charge on any atom is -0.450 e. The molecule has 4 heterocycles. The van der Waals surface area contributed by atoms with Crippen LogP contribution in [0.3, 0.4) is 0 Å². The molecular formula is C32H39FN8O5S. The first-order valence-electron chi connectivity index (χ1n) is 15.9. The highest BCUT2D eigenvalue weighted by atomic mass is 32.2. The number of benzene rings is 1. The maximum Gasteiger partial charge on any atom is 0.407 e. The van der Waals surface area contributed by atoms with Crippen molar-refractivity contribution in [2.45, 2.75) is 50.5 Å². The molecule has 1 amide bonds. The molecule has 1 aliphatic heterocycles. The molecule has 0 spiro atoms. The van der Waals surface area contributed by atoms with Gasteiger partial charge in [0.1, 0.15) is 17.3 Å². The van der Waals surface area contributed by atoms with Crippen LogP contribution in [0.4, 0.5) is 20.7 Å². The molecule has 0 bridgehead atoms. The van der Waals surface area contributed by atoms with Crippen LogP contribution in [-0.4, -0.2) is 88.8 Å². The van der Waals surface area contributed by atoms with Crippen LogP contribution in [0.15, 0.2) is 58.6 Å². The summed E-state index contributed by atoms with van der Waals surface area (Å²) in [5.74, 6) is -0.607. The fourth-order valence-corrected chi connectivity index (χ4v) is 6.88. The van der Waals surface area contributed by atoms with E-state index in [0.29, 0.717) is 44.5 Å². The average molecular weight is 667 g/mol. The first-order valence-corrected chi connectivity index (χ1v) is 17.4. The van der Waals surface area contributed by atoms with E-state index in [0.717, 1.165) is 42.9 Å². The number of carbonyl (C=O) groups is 1. The van der Waals surface area contributed by atoms with Gasteiger partial charge in [0.05, 0.1) is 35.0 Å². The highest BCUT2D eigenvalue weighted by Crippen LogP contribution is 2.35. The number of anilines is 2. The number of carbonyl (C=O) groups excluding carboxylic acids is 1. The Morgan fingerprint density at radius 3 is 2.60 bits per heavy atom. The Bertz CT molecular complexity index is 1930. The standard InChI is InChI=1S/C32H39FN8O5S/c1-3-4-17-46-32(43)34-11-12-38-13-15-39(16-14-38)47(44,45)26-8-9-28(27(33)18-26)36-30-22(2)31(42)40-20-23(5-10-29(40)37-30)24-19-35-41(21-24)25-6-7-25/h5,8-10,18-21,25,36H,3-4,6-7,11-17H2,1-2H3,(H,34,43). The number of hydrogen-bond donors (Lipinski definition) is 2. The molecule has 47 heavy (non-hydrogen) atoms. The van der Waals surface area contributed by atoms with Gasteiger partial charge in [0.25, 0.3) is 5.56 Å². The van der Waals surface area contributed by atoms with Gasteiger partial charge in [0.2, 0.25) is 10.0 Å². The predicted octanol–water partition coefficient (Wildman–Crippen LogP) is 3.92. The fourth-order valence-electron chi connectivity index (χ4n) is 5.45. The van der Waals surface area contributed by atoms with E-state index >= 15 is 4.39 Å². The molecule has 1 saturated heterocycles. The first kappa shape index (κ1) is 32.6. The highest BCUT2D eigenvalue weighted by Gasteiger charge is 2.29. The number of pyridine rings is 1. The Labute approximate surface area is 272 Å². The number of aromatic nitrogens is 4. The summed E-state index contributed by atoms with van der Waals surface area (Å²) in [5, 5.41) is 10.0. The molecule has 15 heteroatoms. The number of nitrogens with zero attached hydrogens (tertiary/aromatic N) is 6. The van der Waals surface area contributed by atoms with E-state index in [1.54, 1.807) is 25.4 Å². The molecule has 6 rings (SSSR count). The van der Waals surface area contributed by atoms with Gasteiger partial charge in [-0.3, -0.25) is 18.8 Å². The monoisotopic (exact) mass is 666 g/mol. The summed E-state index contributed by atoms with van der Waals surface area (Å²) in [7, 11) is -3.94. The lowest BCUT2D eigenvalue weighted by Gasteiger charge is -2.34. The maximum absolute atomic E-state index is 15.3. The largest absolute Gasteiger partial charge is 0.450 e. The summed E-state index contributed by atoms with van der Waals surface area (Å²) in [5.41, 5.74) is 2.08. The zero-order valence-electron chi connectivity index (χ0n) is 26.5. The third kappa shape index (κ3) is 7.31. The Hall–Kier alpha value is -4.34. The average Bonchev–Trinajstić information content (AvgIpc) is 3.80. The molecule has 0 radical (unpaired) electrons. The van der Waals surface area contributed by atoms with Crippen molar-refractivity contribution < 1.29 is 22.3 Å². The van der Waals surface area contributed by atoms with Crippen molar-refractivity contribution in [2.75, 3.05) is 51.2 Å². The van der Waals surface area contributed by atoms with Crippen LogP contribution in [0.1, 0.15) is 44.2 Å². The smallest absolute Gasteiger partial charge is 0.407 e. The molecule has 1 aromatic carbocycles. The third-order valence-electron chi connectivity index (χ3n) is 8.50. The van der Waals surface area contributed by atoms with E-state index in [4.69, 9.17) is 4.74 Å². The number of ether oxygens (including phenoxy) is 1. The van der Waals surface area contributed by atoms with Gasteiger partial charge >= 0.3 is 6.09 Å². The van der Waals surface area contributed by atoms with E-state index in [9.17, 15) is 18.0 Å². The van der Waals surface area contributed by atoms with Crippen molar-refractivity contribution in [3.63, 3.8) is 0 Å². The summed E-state index contributed by atoms with van der Waals surface area (Å²) in [6.07, 6.45) is 9.01. The number of nitrogens with one attached hydrogen (secondary N) is 2.